The van der Waals surface area contributed by atoms with Crippen molar-refractivity contribution in [2.24, 2.45) is 0 Å². The molecule has 0 fully saturated rings. The number of nitrogens with zero attached hydrogens (tertiary/aromatic N) is 2. The fourth-order valence-corrected chi connectivity index (χ4v) is 1.83. The van der Waals surface area contributed by atoms with Gasteiger partial charge in [0.25, 0.3) is 0 Å². The first-order chi connectivity index (χ1) is 5.77. The first-order valence-electron chi connectivity index (χ1n) is 3.48. The molecule has 0 aliphatic carbocycles. The maximum Gasteiger partial charge on any atom is 0.239 e. The lowest BCUT2D eigenvalue weighted by Crippen LogP contribution is -1.85. The topological polar surface area (TPSA) is 67.6 Å². The first kappa shape index (κ1) is 7.30. The second-order valence-electron chi connectivity index (χ2n) is 2.51. The Morgan fingerprint density at radius 3 is 2.83 bits per heavy atom. The standard InChI is InChI=1S/C7H8N4S/c1-4-2-12-3-5(4)6-9-7(8)11-10-6/h2-3H,1H3,(H3,8,9,10,11). The van der Waals surface area contributed by atoms with E-state index in [-0.39, 0.29) is 5.95 Å². The van der Waals surface area contributed by atoms with Crippen molar-refractivity contribution >= 4 is 17.3 Å². The van der Waals surface area contributed by atoms with Crippen LogP contribution >= 0.6 is 11.3 Å². The van der Waals surface area contributed by atoms with Gasteiger partial charge in [0.05, 0.1) is 0 Å². The van der Waals surface area contributed by atoms with E-state index < -0.39 is 0 Å². The highest BCUT2D eigenvalue weighted by Crippen LogP contribution is 2.23. The summed E-state index contributed by atoms with van der Waals surface area (Å²) < 4.78 is 0. The van der Waals surface area contributed by atoms with Crippen molar-refractivity contribution in [3.8, 4) is 11.4 Å². The Labute approximate surface area is 73.5 Å². The van der Waals surface area contributed by atoms with Gasteiger partial charge in [-0.3, -0.25) is 5.10 Å². The van der Waals surface area contributed by atoms with Crippen LogP contribution in [0, 0.1) is 6.92 Å². The Kier molecular flexibility index (Phi) is 1.58. The minimum atomic E-state index is 0.288. The molecule has 2 aromatic heterocycles. The molecule has 4 nitrogen and oxygen atoms in total. The number of nitrogens with two attached hydrogens (primary N) is 1. The van der Waals surface area contributed by atoms with Crippen LogP contribution in [-0.4, -0.2) is 15.2 Å². The van der Waals surface area contributed by atoms with Crippen LogP contribution in [-0.2, 0) is 0 Å². The first-order valence-corrected chi connectivity index (χ1v) is 4.42. The van der Waals surface area contributed by atoms with Crippen LogP contribution in [0.2, 0.25) is 0 Å². The molecule has 0 atom stereocenters. The molecule has 0 unspecified atom stereocenters. The lowest BCUT2D eigenvalue weighted by atomic mass is 10.2. The minimum absolute atomic E-state index is 0.288. The van der Waals surface area contributed by atoms with Crippen molar-refractivity contribution < 1.29 is 0 Å². The highest BCUT2D eigenvalue weighted by Gasteiger charge is 2.06. The molecule has 3 N–H and O–H groups in total. The average molecular weight is 180 g/mol. The van der Waals surface area contributed by atoms with Gasteiger partial charge in [-0.25, -0.2) is 0 Å². The van der Waals surface area contributed by atoms with E-state index in [1.165, 1.54) is 5.56 Å². The van der Waals surface area contributed by atoms with Gasteiger partial charge < -0.3 is 5.73 Å². The van der Waals surface area contributed by atoms with Gasteiger partial charge >= 0.3 is 0 Å². The van der Waals surface area contributed by atoms with Crippen molar-refractivity contribution in [3.63, 3.8) is 0 Å². The largest absolute Gasteiger partial charge is 0.366 e. The maximum absolute atomic E-state index is 5.38. The van der Waals surface area contributed by atoms with Crippen LogP contribution < -0.4 is 5.73 Å². The van der Waals surface area contributed by atoms with Gasteiger partial charge in [-0.2, -0.15) is 16.3 Å². The van der Waals surface area contributed by atoms with Crippen molar-refractivity contribution in [2.75, 3.05) is 5.73 Å². The van der Waals surface area contributed by atoms with E-state index in [2.05, 4.69) is 20.6 Å². The van der Waals surface area contributed by atoms with E-state index in [1.54, 1.807) is 11.3 Å². The van der Waals surface area contributed by atoms with Crippen LogP contribution in [0.1, 0.15) is 5.56 Å². The third-order valence-corrected chi connectivity index (χ3v) is 2.47. The van der Waals surface area contributed by atoms with Crippen LogP contribution in [0.5, 0.6) is 0 Å². The van der Waals surface area contributed by atoms with Gasteiger partial charge in [0.1, 0.15) is 0 Å². The van der Waals surface area contributed by atoms with E-state index in [9.17, 15) is 0 Å². The number of aromatic nitrogens is 3. The van der Waals surface area contributed by atoms with Crippen LogP contribution in [0.3, 0.4) is 0 Å². The van der Waals surface area contributed by atoms with Crippen molar-refractivity contribution in [2.45, 2.75) is 6.92 Å². The van der Waals surface area contributed by atoms with Crippen LogP contribution in [0.4, 0.5) is 5.95 Å². The zero-order chi connectivity index (χ0) is 8.55. The average Bonchev–Trinajstić information content (AvgIpc) is 2.58. The molecule has 2 aromatic rings. The summed E-state index contributed by atoms with van der Waals surface area (Å²) in [5.41, 5.74) is 7.65. The molecule has 0 bridgehead atoms. The van der Waals surface area contributed by atoms with Crippen molar-refractivity contribution in [1.82, 2.24) is 15.2 Å². The molecular formula is C7H8N4S. The molecule has 12 heavy (non-hydrogen) atoms. The Hall–Kier alpha value is -1.36. The van der Waals surface area contributed by atoms with Crippen molar-refractivity contribution in [3.05, 3.63) is 16.3 Å². The number of H-pyrrole nitrogens is 1. The van der Waals surface area contributed by atoms with Crippen LogP contribution in [0.25, 0.3) is 11.4 Å². The van der Waals surface area contributed by atoms with Gasteiger partial charge in [0.2, 0.25) is 5.95 Å². The number of aryl methyl sites for hydroxylation is 1. The fourth-order valence-electron chi connectivity index (χ4n) is 0.998. The summed E-state index contributed by atoms with van der Waals surface area (Å²) in [4.78, 5) is 4.03. The lowest BCUT2D eigenvalue weighted by molar-refractivity contribution is 1.10. The highest BCUT2D eigenvalue weighted by atomic mass is 32.1. The quantitative estimate of drug-likeness (QED) is 0.697. The fraction of sp³-hybridized carbons (Fsp3) is 0.143. The second-order valence-corrected chi connectivity index (χ2v) is 3.25. The molecule has 0 aromatic carbocycles. The molecule has 0 aliphatic heterocycles. The Balaban J connectivity index is 2.50. The maximum atomic E-state index is 5.38. The minimum Gasteiger partial charge on any atom is -0.366 e. The molecule has 2 heterocycles. The zero-order valence-electron chi connectivity index (χ0n) is 6.53. The molecule has 0 saturated heterocycles. The number of thiophene rings is 1. The monoisotopic (exact) mass is 180 g/mol. The summed E-state index contributed by atoms with van der Waals surface area (Å²) in [5.74, 6) is 1.03. The summed E-state index contributed by atoms with van der Waals surface area (Å²) in [5, 5.41) is 10.6. The number of nitrogen functional groups attached to an aromatic ring is 1. The number of aromatic amines is 1. The third kappa shape index (κ3) is 1.08. The second kappa shape index (κ2) is 2.60. The van der Waals surface area contributed by atoms with Gasteiger partial charge in [0, 0.05) is 10.9 Å². The number of hydrogen-bond donors (Lipinski definition) is 2. The normalized spacial score (nSPS) is 10.4. The summed E-state index contributed by atoms with van der Waals surface area (Å²) >= 11 is 1.64. The molecule has 0 amide bonds. The van der Waals surface area contributed by atoms with Gasteiger partial charge in [-0.1, -0.05) is 0 Å². The molecule has 0 aliphatic rings. The summed E-state index contributed by atoms with van der Waals surface area (Å²) in [6.45, 7) is 2.03. The Morgan fingerprint density at radius 2 is 2.33 bits per heavy atom. The molecule has 2 rings (SSSR count). The van der Waals surface area contributed by atoms with E-state index >= 15 is 0 Å². The number of anilines is 1. The third-order valence-electron chi connectivity index (χ3n) is 1.61. The van der Waals surface area contributed by atoms with E-state index in [0.717, 1.165) is 11.4 Å². The summed E-state index contributed by atoms with van der Waals surface area (Å²) in [6.07, 6.45) is 0. The number of nitrogens with one attached hydrogen (secondary N) is 1. The molecule has 5 heteroatoms. The highest BCUT2D eigenvalue weighted by molar-refractivity contribution is 7.08. The van der Waals surface area contributed by atoms with Gasteiger partial charge in [-0.15, -0.1) is 5.10 Å². The van der Waals surface area contributed by atoms with E-state index in [4.69, 9.17) is 5.73 Å². The molecule has 0 radical (unpaired) electrons. The number of hydrogen-bond acceptors (Lipinski definition) is 4. The van der Waals surface area contributed by atoms with Crippen molar-refractivity contribution in [1.29, 1.82) is 0 Å². The molecule has 62 valence electrons. The summed E-state index contributed by atoms with van der Waals surface area (Å²) in [6, 6.07) is 0. The molecular weight excluding hydrogens is 172 g/mol. The smallest absolute Gasteiger partial charge is 0.239 e. The Morgan fingerprint density at radius 1 is 1.50 bits per heavy atom. The van der Waals surface area contributed by atoms with Gasteiger partial charge in [-0.05, 0) is 17.9 Å². The van der Waals surface area contributed by atoms with E-state index in [1.807, 2.05) is 12.3 Å². The van der Waals surface area contributed by atoms with E-state index in [0.29, 0.717) is 0 Å². The number of rotatable bonds is 1. The predicted molar refractivity (Wildman–Crippen MR) is 48.8 cm³/mol. The van der Waals surface area contributed by atoms with Gasteiger partial charge in [0.15, 0.2) is 5.82 Å². The lowest BCUT2D eigenvalue weighted by Gasteiger charge is -1.90. The molecule has 0 spiro atoms. The van der Waals surface area contributed by atoms with Crippen LogP contribution in [0.15, 0.2) is 10.8 Å². The zero-order valence-corrected chi connectivity index (χ0v) is 7.35. The SMILES string of the molecule is Cc1cscc1-c1nc(N)n[nH]1. The Bertz CT molecular complexity index is 390. The summed E-state index contributed by atoms with van der Waals surface area (Å²) in [7, 11) is 0. The predicted octanol–water partition coefficient (Wildman–Crippen LogP) is 1.42. The molecule has 0 saturated carbocycles.